The fourth-order valence-electron chi connectivity index (χ4n) is 5.34. The molecule has 41 heavy (non-hydrogen) atoms. The van der Waals surface area contributed by atoms with Crippen molar-refractivity contribution < 1.29 is 13.9 Å². The summed E-state index contributed by atoms with van der Waals surface area (Å²) in [5.74, 6) is 0.289. The molecular formula is C30H29FN8O2. The van der Waals surface area contributed by atoms with Gasteiger partial charge in [-0.15, -0.1) is 0 Å². The summed E-state index contributed by atoms with van der Waals surface area (Å²) in [6.07, 6.45) is 6.32. The number of anilines is 1. The molecule has 1 amide bonds. The van der Waals surface area contributed by atoms with Crippen LogP contribution in [0, 0.1) is 17.1 Å². The number of nitrogens with one attached hydrogen (secondary N) is 1. The van der Waals surface area contributed by atoms with Gasteiger partial charge in [0.25, 0.3) is 5.91 Å². The van der Waals surface area contributed by atoms with Crippen molar-refractivity contribution in [3.63, 3.8) is 0 Å². The summed E-state index contributed by atoms with van der Waals surface area (Å²) >= 11 is 0. The number of nitriles is 1. The minimum absolute atomic E-state index is 0.134. The highest BCUT2D eigenvalue weighted by molar-refractivity contribution is 5.99. The Morgan fingerprint density at radius 3 is 2.73 bits per heavy atom. The predicted octanol–water partition coefficient (Wildman–Crippen LogP) is 4.37. The minimum Gasteiger partial charge on any atom is -0.457 e. The van der Waals surface area contributed by atoms with Gasteiger partial charge in [0.2, 0.25) is 0 Å². The fourth-order valence-corrected chi connectivity index (χ4v) is 5.34. The van der Waals surface area contributed by atoms with Crippen LogP contribution < -0.4 is 15.8 Å². The number of nitrogens with two attached hydrogens (primary N) is 1. The van der Waals surface area contributed by atoms with Gasteiger partial charge in [-0.05, 0) is 63.1 Å². The Morgan fingerprint density at radius 2 is 2.02 bits per heavy atom. The summed E-state index contributed by atoms with van der Waals surface area (Å²) in [4.78, 5) is 23.6. The Kier molecular flexibility index (Phi) is 6.85. The zero-order chi connectivity index (χ0) is 28.6. The van der Waals surface area contributed by atoms with Crippen LogP contribution in [0.1, 0.15) is 31.7 Å². The first-order valence-corrected chi connectivity index (χ1v) is 13.5. The summed E-state index contributed by atoms with van der Waals surface area (Å²) in [6, 6.07) is 15.5. The van der Waals surface area contributed by atoms with Crippen LogP contribution in [0.15, 0.2) is 66.5 Å². The van der Waals surface area contributed by atoms with Crippen LogP contribution in [-0.4, -0.2) is 56.2 Å². The van der Waals surface area contributed by atoms with Crippen LogP contribution in [0.4, 0.5) is 10.2 Å². The van der Waals surface area contributed by atoms with E-state index in [0.717, 1.165) is 19.3 Å². The Bertz CT molecular complexity index is 1690. The van der Waals surface area contributed by atoms with Crippen LogP contribution >= 0.6 is 0 Å². The number of likely N-dealkylation sites (tertiary alicyclic amines) is 1. The molecule has 1 aliphatic carbocycles. The number of carbonyl (C=O) groups excluding carboxylic acids is 1. The van der Waals surface area contributed by atoms with Gasteiger partial charge in [-0.3, -0.25) is 4.79 Å². The van der Waals surface area contributed by atoms with Crippen LogP contribution in [0.2, 0.25) is 0 Å². The van der Waals surface area contributed by atoms with Crippen molar-refractivity contribution in [2.45, 2.75) is 37.3 Å². The molecule has 0 bridgehead atoms. The number of hydrogen-bond acceptors (Lipinski definition) is 8. The largest absolute Gasteiger partial charge is 0.457 e. The van der Waals surface area contributed by atoms with Gasteiger partial charge in [-0.25, -0.2) is 19.0 Å². The average molecular weight is 553 g/mol. The second-order valence-corrected chi connectivity index (χ2v) is 10.4. The van der Waals surface area contributed by atoms with Crippen molar-refractivity contribution in [2.24, 2.45) is 0 Å². The molecule has 0 spiro atoms. The second kappa shape index (κ2) is 10.6. The van der Waals surface area contributed by atoms with Crippen molar-refractivity contribution in [3.05, 3.63) is 72.3 Å². The van der Waals surface area contributed by atoms with Crippen molar-refractivity contribution in [1.82, 2.24) is 30.0 Å². The SMILES string of the molecule is CNC1(C=C(C#N)C(=O)N2CCC[C@H](n3nc(-c4ccc(Oc5ccccc5)cc4F)c4c(N)ncnc43)C2)CC1. The third kappa shape index (κ3) is 5.10. The van der Waals surface area contributed by atoms with Gasteiger partial charge >= 0.3 is 0 Å². The maximum atomic E-state index is 15.5. The zero-order valence-corrected chi connectivity index (χ0v) is 22.5. The van der Waals surface area contributed by atoms with E-state index in [9.17, 15) is 10.1 Å². The number of hydrogen-bond donors (Lipinski definition) is 2. The summed E-state index contributed by atoms with van der Waals surface area (Å²) in [5, 5.41) is 18.2. The third-order valence-corrected chi connectivity index (χ3v) is 7.78. The maximum Gasteiger partial charge on any atom is 0.264 e. The van der Waals surface area contributed by atoms with Crippen LogP contribution in [0.25, 0.3) is 22.3 Å². The van der Waals surface area contributed by atoms with E-state index in [4.69, 9.17) is 15.6 Å². The molecule has 2 fully saturated rings. The maximum absolute atomic E-state index is 15.5. The molecule has 3 N–H and O–H groups in total. The molecule has 2 aromatic heterocycles. The van der Waals surface area contributed by atoms with Gasteiger partial charge in [-0.1, -0.05) is 18.2 Å². The van der Waals surface area contributed by atoms with Crippen LogP contribution in [-0.2, 0) is 4.79 Å². The Labute approximate surface area is 236 Å². The van der Waals surface area contributed by atoms with E-state index in [-0.39, 0.29) is 34.4 Å². The van der Waals surface area contributed by atoms with E-state index < -0.39 is 5.82 Å². The monoisotopic (exact) mass is 552 g/mol. The number of nitrogens with zero attached hydrogens (tertiary/aromatic N) is 6. The van der Waals surface area contributed by atoms with E-state index in [1.54, 1.807) is 39.9 Å². The molecule has 208 valence electrons. The van der Waals surface area contributed by atoms with E-state index in [2.05, 4.69) is 21.4 Å². The first-order valence-electron chi connectivity index (χ1n) is 13.5. The lowest BCUT2D eigenvalue weighted by Crippen LogP contribution is -2.42. The van der Waals surface area contributed by atoms with E-state index >= 15 is 4.39 Å². The average Bonchev–Trinajstić information content (AvgIpc) is 3.67. The van der Waals surface area contributed by atoms with Crippen molar-refractivity contribution >= 4 is 22.8 Å². The minimum atomic E-state index is -0.531. The number of halogens is 1. The molecule has 4 aromatic rings. The lowest BCUT2D eigenvalue weighted by Gasteiger charge is -2.33. The van der Waals surface area contributed by atoms with Gasteiger partial charge in [0.05, 0.1) is 11.4 Å². The number of piperidine rings is 1. The lowest BCUT2D eigenvalue weighted by atomic mass is 10.0. The summed E-state index contributed by atoms with van der Waals surface area (Å²) < 4.78 is 23.0. The molecular weight excluding hydrogens is 523 g/mol. The number of nitrogen functional groups attached to an aromatic ring is 1. The highest BCUT2D eigenvalue weighted by atomic mass is 19.1. The molecule has 0 unspecified atom stereocenters. The Morgan fingerprint density at radius 1 is 1.22 bits per heavy atom. The standard InChI is InChI=1S/C30H29FN8O2/c1-34-30(11-12-30)15-19(16-32)29(40)38-13-5-6-20(17-38)39-28-25(27(33)35-18-36-28)26(37-39)23-10-9-22(14-24(23)31)41-21-7-3-2-4-8-21/h2-4,7-10,14-15,18,20,34H,5-6,11-13,17H2,1H3,(H2,33,35,36)/t20-/m0/s1. The van der Waals surface area contributed by atoms with E-state index in [1.165, 1.54) is 12.4 Å². The number of rotatable bonds is 7. The summed E-state index contributed by atoms with van der Waals surface area (Å²) in [6.45, 7) is 0.860. The third-order valence-electron chi connectivity index (χ3n) is 7.78. The first-order chi connectivity index (χ1) is 19.9. The van der Waals surface area contributed by atoms with Gasteiger partial charge in [0.15, 0.2) is 5.65 Å². The molecule has 6 rings (SSSR count). The molecule has 1 saturated heterocycles. The molecule has 2 aromatic carbocycles. The smallest absolute Gasteiger partial charge is 0.264 e. The van der Waals surface area contributed by atoms with Crippen molar-refractivity contribution in [3.8, 4) is 28.8 Å². The van der Waals surface area contributed by atoms with Crippen molar-refractivity contribution in [1.29, 1.82) is 5.26 Å². The normalized spacial score (nSPS) is 18.2. The molecule has 11 heteroatoms. The summed E-state index contributed by atoms with van der Waals surface area (Å²) in [7, 11) is 1.83. The first kappa shape index (κ1) is 26.4. The molecule has 3 heterocycles. The second-order valence-electron chi connectivity index (χ2n) is 10.4. The topological polar surface area (TPSA) is 135 Å². The highest BCUT2D eigenvalue weighted by Gasteiger charge is 2.40. The van der Waals surface area contributed by atoms with E-state index in [1.807, 2.05) is 25.2 Å². The Balaban J connectivity index is 1.32. The number of para-hydroxylation sites is 1. The van der Waals surface area contributed by atoms with Crippen molar-refractivity contribution in [2.75, 3.05) is 25.9 Å². The number of aromatic nitrogens is 4. The van der Waals surface area contributed by atoms with Crippen LogP contribution in [0.3, 0.4) is 0 Å². The molecule has 1 saturated carbocycles. The molecule has 1 aliphatic heterocycles. The lowest BCUT2D eigenvalue weighted by molar-refractivity contribution is -0.128. The van der Waals surface area contributed by atoms with Gasteiger partial charge < -0.3 is 20.7 Å². The van der Waals surface area contributed by atoms with Gasteiger partial charge in [0.1, 0.15) is 46.8 Å². The Hall–Kier alpha value is -4.82. The fraction of sp³-hybridized carbons (Fsp3) is 0.300. The number of fused-ring (bicyclic) bond motifs is 1. The molecule has 10 nitrogen and oxygen atoms in total. The van der Waals surface area contributed by atoms with E-state index in [0.29, 0.717) is 47.7 Å². The molecule has 1 atom stereocenters. The number of amides is 1. The summed E-state index contributed by atoms with van der Waals surface area (Å²) in [5.41, 5.74) is 7.13. The molecule has 2 aliphatic rings. The number of benzene rings is 2. The van der Waals surface area contributed by atoms with Gasteiger partial charge in [0, 0.05) is 30.3 Å². The van der Waals surface area contributed by atoms with Crippen LogP contribution in [0.5, 0.6) is 11.5 Å². The quantitative estimate of drug-likeness (QED) is 0.255. The predicted molar refractivity (Wildman–Crippen MR) is 151 cm³/mol. The highest BCUT2D eigenvalue weighted by Crippen LogP contribution is 2.38. The van der Waals surface area contributed by atoms with Gasteiger partial charge in [-0.2, -0.15) is 10.4 Å². The number of likely N-dealkylation sites (N-methyl/N-ethyl adjacent to an activating group) is 1. The number of carbonyl (C=O) groups is 1. The number of ether oxygens (including phenoxy) is 1. The zero-order valence-electron chi connectivity index (χ0n) is 22.5. The molecule has 0 radical (unpaired) electrons.